The van der Waals surface area contributed by atoms with Crippen molar-refractivity contribution in [2.45, 2.75) is 0 Å². The van der Waals surface area contributed by atoms with Gasteiger partial charge in [0.05, 0.1) is 33.1 Å². The number of carbonyl (C=O) groups is 1. The quantitative estimate of drug-likeness (QED) is 0.878. The highest BCUT2D eigenvalue weighted by Gasteiger charge is 2.17. The van der Waals surface area contributed by atoms with Gasteiger partial charge in [0.15, 0.2) is 11.5 Å². The molecular formula is C14H14N2O6. The molecule has 1 N–H and O–H groups in total. The first-order valence-electron chi connectivity index (χ1n) is 6.16. The van der Waals surface area contributed by atoms with E-state index in [1.165, 1.54) is 26.0 Å². The lowest BCUT2D eigenvalue weighted by atomic mass is 10.2. The number of hydrogen-bond donors (Lipinski definition) is 1. The van der Waals surface area contributed by atoms with Crippen LogP contribution in [0.5, 0.6) is 17.4 Å². The number of benzene rings is 1. The summed E-state index contributed by atoms with van der Waals surface area (Å²) in [6.45, 7) is 0. The summed E-state index contributed by atoms with van der Waals surface area (Å²) in [5.41, 5.74) is -0.881. The van der Waals surface area contributed by atoms with Crippen molar-refractivity contribution in [1.29, 1.82) is 0 Å². The molecule has 0 aliphatic carbocycles. The van der Waals surface area contributed by atoms with E-state index in [9.17, 15) is 9.59 Å². The molecule has 0 aliphatic rings. The van der Waals surface area contributed by atoms with Crippen molar-refractivity contribution < 1.29 is 24.1 Å². The van der Waals surface area contributed by atoms with Crippen LogP contribution in [0.15, 0.2) is 29.1 Å². The van der Waals surface area contributed by atoms with Gasteiger partial charge in [-0.05, 0) is 12.1 Å². The normalized spacial score (nSPS) is 10.1. The predicted octanol–water partition coefficient (Wildman–Crippen LogP) is 0.957. The molecule has 0 spiro atoms. The van der Waals surface area contributed by atoms with Gasteiger partial charge in [-0.2, -0.15) is 9.78 Å². The molecule has 2 aromatic rings. The van der Waals surface area contributed by atoms with Crippen LogP contribution in [0.2, 0.25) is 0 Å². The summed E-state index contributed by atoms with van der Waals surface area (Å²) in [5, 5.41) is 12.8. The first-order valence-corrected chi connectivity index (χ1v) is 6.16. The number of ether oxygens (including phenoxy) is 3. The highest BCUT2D eigenvalue weighted by atomic mass is 16.5. The number of aromatic carboxylic acids is 1. The molecule has 0 saturated carbocycles. The number of hydrogen-bond acceptors (Lipinski definition) is 6. The second-order valence-corrected chi connectivity index (χ2v) is 4.16. The first kappa shape index (κ1) is 15.4. The van der Waals surface area contributed by atoms with Crippen LogP contribution in [0.1, 0.15) is 10.5 Å². The van der Waals surface area contributed by atoms with Gasteiger partial charge in [-0.15, -0.1) is 0 Å². The van der Waals surface area contributed by atoms with Crippen molar-refractivity contribution in [3.8, 4) is 23.1 Å². The van der Waals surface area contributed by atoms with E-state index in [-0.39, 0.29) is 5.88 Å². The molecule has 8 nitrogen and oxygen atoms in total. The second-order valence-electron chi connectivity index (χ2n) is 4.16. The fraction of sp³-hybridized carbons (Fsp3) is 0.214. The molecule has 1 aromatic heterocycles. The standard InChI is InChI=1S/C14H14N2O6/c1-20-10-5-4-8(6-11(10)21-2)16-12(22-3)7-9(17)13(15-16)14(18)19/h4-7H,1-3H3,(H,18,19). The van der Waals surface area contributed by atoms with E-state index in [1.54, 1.807) is 18.2 Å². The maximum atomic E-state index is 11.7. The van der Waals surface area contributed by atoms with Crippen LogP contribution >= 0.6 is 0 Å². The summed E-state index contributed by atoms with van der Waals surface area (Å²) in [6.07, 6.45) is 0. The minimum atomic E-state index is -1.41. The Labute approximate surface area is 125 Å². The zero-order valence-corrected chi connectivity index (χ0v) is 12.2. The third-order valence-electron chi connectivity index (χ3n) is 2.92. The molecule has 8 heteroatoms. The molecule has 1 aromatic carbocycles. The SMILES string of the molecule is COc1ccc(-n2nc(C(=O)O)c(=O)cc2OC)cc1OC. The molecule has 0 atom stereocenters. The number of carboxylic acids is 1. The number of rotatable bonds is 5. The smallest absolute Gasteiger partial charge is 0.360 e. The van der Waals surface area contributed by atoms with Crippen LogP contribution in [0, 0.1) is 0 Å². The monoisotopic (exact) mass is 306 g/mol. The largest absolute Gasteiger partial charge is 0.493 e. The highest BCUT2D eigenvalue weighted by Crippen LogP contribution is 2.29. The van der Waals surface area contributed by atoms with Crippen LogP contribution in [0.25, 0.3) is 5.69 Å². The molecule has 22 heavy (non-hydrogen) atoms. The molecule has 0 radical (unpaired) electrons. The fourth-order valence-corrected chi connectivity index (χ4v) is 1.88. The van der Waals surface area contributed by atoms with Crippen LogP contribution < -0.4 is 19.6 Å². The van der Waals surface area contributed by atoms with Gasteiger partial charge in [-0.25, -0.2) is 4.79 Å². The van der Waals surface area contributed by atoms with E-state index in [0.717, 1.165) is 6.07 Å². The van der Waals surface area contributed by atoms with Crippen LogP contribution in [0.3, 0.4) is 0 Å². The van der Waals surface area contributed by atoms with Gasteiger partial charge in [0.1, 0.15) is 0 Å². The third-order valence-corrected chi connectivity index (χ3v) is 2.92. The minimum Gasteiger partial charge on any atom is -0.493 e. The molecule has 1 heterocycles. The molecular weight excluding hydrogens is 292 g/mol. The maximum absolute atomic E-state index is 11.7. The van der Waals surface area contributed by atoms with Crippen molar-refractivity contribution in [3.05, 3.63) is 40.2 Å². The Morgan fingerprint density at radius 1 is 1.09 bits per heavy atom. The predicted molar refractivity (Wildman–Crippen MR) is 76.4 cm³/mol. The van der Waals surface area contributed by atoms with Crippen molar-refractivity contribution in [3.63, 3.8) is 0 Å². The van der Waals surface area contributed by atoms with Crippen molar-refractivity contribution in [1.82, 2.24) is 9.78 Å². The van der Waals surface area contributed by atoms with Gasteiger partial charge < -0.3 is 19.3 Å². The lowest BCUT2D eigenvalue weighted by Gasteiger charge is -2.14. The molecule has 116 valence electrons. The molecule has 0 bridgehead atoms. The van der Waals surface area contributed by atoms with Gasteiger partial charge >= 0.3 is 5.97 Å². The van der Waals surface area contributed by atoms with Crippen molar-refractivity contribution >= 4 is 5.97 Å². The average Bonchev–Trinajstić information content (AvgIpc) is 2.53. The van der Waals surface area contributed by atoms with Gasteiger partial charge in [0.2, 0.25) is 17.0 Å². The van der Waals surface area contributed by atoms with Crippen molar-refractivity contribution in [2.75, 3.05) is 21.3 Å². The summed E-state index contributed by atoms with van der Waals surface area (Å²) in [5.74, 6) is -0.381. The summed E-state index contributed by atoms with van der Waals surface area (Å²) in [7, 11) is 4.33. The Kier molecular flexibility index (Phi) is 4.31. The van der Waals surface area contributed by atoms with Gasteiger partial charge in [0.25, 0.3) is 0 Å². The molecule has 0 saturated heterocycles. The minimum absolute atomic E-state index is 0.0993. The van der Waals surface area contributed by atoms with E-state index in [1.807, 2.05) is 0 Å². The molecule has 0 fully saturated rings. The summed E-state index contributed by atoms with van der Waals surface area (Å²) >= 11 is 0. The summed E-state index contributed by atoms with van der Waals surface area (Å²) in [4.78, 5) is 22.7. The van der Waals surface area contributed by atoms with Gasteiger partial charge in [-0.3, -0.25) is 4.79 Å². The second kappa shape index (κ2) is 6.17. The molecule has 0 aliphatic heterocycles. The number of carboxylic acid groups (broad SMARTS) is 1. The lowest BCUT2D eigenvalue weighted by molar-refractivity contribution is 0.0686. The Balaban J connectivity index is 2.68. The molecule has 0 amide bonds. The fourth-order valence-electron chi connectivity index (χ4n) is 1.88. The van der Waals surface area contributed by atoms with E-state index in [2.05, 4.69) is 5.10 Å². The van der Waals surface area contributed by atoms with E-state index >= 15 is 0 Å². The first-order chi connectivity index (χ1) is 10.5. The van der Waals surface area contributed by atoms with E-state index in [4.69, 9.17) is 19.3 Å². The Bertz CT molecular complexity index is 768. The number of nitrogens with zero attached hydrogens (tertiary/aromatic N) is 2. The van der Waals surface area contributed by atoms with E-state index in [0.29, 0.717) is 17.2 Å². The third kappa shape index (κ3) is 2.71. The average molecular weight is 306 g/mol. The number of methoxy groups -OCH3 is 3. The van der Waals surface area contributed by atoms with Gasteiger partial charge in [0, 0.05) is 6.07 Å². The Morgan fingerprint density at radius 2 is 1.77 bits per heavy atom. The number of aromatic nitrogens is 2. The highest BCUT2D eigenvalue weighted by molar-refractivity contribution is 5.85. The maximum Gasteiger partial charge on any atom is 0.360 e. The lowest BCUT2D eigenvalue weighted by Crippen LogP contribution is -2.22. The molecule has 2 rings (SSSR count). The zero-order valence-electron chi connectivity index (χ0n) is 12.2. The van der Waals surface area contributed by atoms with Gasteiger partial charge in [-0.1, -0.05) is 0 Å². The summed E-state index contributed by atoms with van der Waals surface area (Å²) in [6, 6.07) is 5.92. The topological polar surface area (TPSA) is 99.9 Å². The Hall–Kier alpha value is -3.03. The molecule has 0 unspecified atom stereocenters. The van der Waals surface area contributed by atoms with Crippen LogP contribution in [-0.4, -0.2) is 42.2 Å². The van der Waals surface area contributed by atoms with Crippen LogP contribution in [0.4, 0.5) is 0 Å². The van der Waals surface area contributed by atoms with Crippen LogP contribution in [-0.2, 0) is 0 Å². The Morgan fingerprint density at radius 3 is 2.32 bits per heavy atom. The van der Waals surface area contributed by atoms with Crippen molar-refractivity contribution in [2.24, 2.45) is 0 Å². The zero-order chi connectivity index (χ0) is 16.3. The van der Waals surface area contributed by atoms with E-state index < -0.39 is 17.1 Å². The summed E-state index contributed by atoms with van der Waals surface area (Å²) < 4.78 is 16.6.